The number of carbonyl (C=O) groups is 2. The molecule has 0 aliphatic heterocycles. The number of esters is 1. The first-order valence-electron chi connectivity index (χ1n) is 13.5. The Labute approximate surface area is 243 Å². The van der Waals surface area contributed by atoms with Gasteiger partial charge in [-0.25, -0.2) is 10.2 Å². The number of amides is 1. The molecule has 1 N–H and O–H groups in total. The van der Waals surface area contributed by atoms with E-state index in [2.05, 4.69) is 41.1 Å². The summed E-state index contributed by atoms with van der Waals surface area (Å²) in [7, 11) is 0. The fourth-order valence-corrected chi connectivity index (χ4v) is 4.58. The molecule has 1 amide bonds. The molecule has 9 nitrogen and oxygen atoms in total. The maximum absolute atomic E-state index is 12.7. The van der Waals surface area contributed by atoms with Crippen LogP contribution in [0.1, 0.15) is 40.2 Å². The second-order valence-corrected chi connectivity index (χ2v) is 9.49. The van der Waals surface area contributed by atoms with Crippen LogP contribution in [-0.2, 0) is 16.1 Å². The van der Waals surface area contributed by atoms with Gasteiger partial charge < -0.3 is 23.2 Å². The van der Waals surface area contributed by atoms with E-state index >= 15 is 0 Å². The zero-order valence-corrected chi connectivity index (χ0v) is 23.6. The molecule has 42 heavy (non-hydrogen) atoms. The van der Waals surface area contributed by atoms with Gasteiger partial charge in [0.15, 0.2) is 12.4 Å². The van der Waals surface area contributed by atoms with Crippen molar-refractivity contribution in [3.63, 3.8) is 0 Å². The number of benzene rings is 3. The Bertz CT molecular complexity index is 1710. The molecule has 0 radical (unpaired) electrons. The molecule has 0 spiro atoms. The zero-order chi connectivity index (χ0) is 29.5. The van der Waals surface area contributed by atoms with Crippen molar-refractivity contribution in [3.8, 4) is 17.2 Å². The number of hydrogen-bond donors (Lipinski definition) is 1. The number of ether oxygens (including phenoxy) is 3. The Hall–Kier alpha value is -5.31. The van der Waals surface area contributed by atoms with Gasteiger partial charge in [0.25, 0.3) is 0 Å². The second-order valence-electron chi connectivity index (χ2n) is 9.49. The number of nitrogens with zero attached hydrogens (tertiary/aromatic N) is 2. The summed E-state index contributed by atoms with van der Waals surface area (Å²) >= 11 is 0. The number of hydrazone groups is 1. The molecule has 0 aliphatic carbocycles. The van der Waals surface area contributed by atoms with Crippen molar-refractivity contribution in [2.45, 2.75) is 27.4 Å². The molecule has 9 heteroatoms. The van der Waals surface area contributed by atoms with E-state index in [-0.39, 0.29) is 25.6 Å². The first-order chi connectivity index (χ1) is 20.4. The van der Waals surface area contributed by atoms with Gasteiger partial charge in [-0.1, -0.05) is 30.3 Å². The van der Waals surface area contributed by atoms with E-state index in [1.54, 1.807) is 25.1 Å². The number of aromatic nitrogens is 1. The first-order valence-corrected chi connectivity index (χ1v) is 13.5. The monoisotopic (exact) mass is 565 g/mol. The van der Waals surface area contributed by atoms with Crippen LogP contribution in [0, 0.1) is 13.8 Å². The van der Waals surface area contributed by atoms with Crippen LogP contribution in [0.15, 0.2) is 94.4 Å². The largest absolute Gasteiger partial charge is 0.486 e. The molecule has 0 aliphatic rings. The molecule has 5 rings (SSSR count). The van der Waals surface area contributed by atoms with E-state index in [9.17, 15) is 9.59 Å². The third-order valence-corrected chi connectivity index (χ3v) is 6.57. The summed E-state index contributed by atoms with van der Waals surface area (Å²) in [6.45, 7) is 6.05. The Balaban J connectivity index is 1.21. The lowest BCUT2D eigenvalue weighted by atomic mass is 10.0. The third-order valence-electron chi connectivity index (χ3n) is 6.57. The van der Waals surface area contributed by atoms with Gasteiger partial charge in [0, 0.05) is 22.6 Å². The number of hydrogen-bond acceptors (Lipinski definition) is 7. The van der Waals surface area contributed by atoms with Crippen molar-refractivity contribution in [2.75, 3.05) is 13.2 Å². The maximum Gasteiger partial charge on any atom is 0.344 e. The summed E-state index contributed by atoms with van der Waals surface area (Å²) in [4.78, 5) is 24.5. The lowest BCUT2D eigenvalue weighted by Crippen LogP contribution is -2.17. The zero-order valence-electron chi connectivity index (χ0n) is 23.6. The summed E-state index contributed by atoms with van der Waals surface area (Å²) < 4.78 is 24.3. The standard InChI is InChI=1S/C33H31N3O6/c1-4-39-32(37)21-41-30-17-11-24-7-5-6-8-28(24)29(30)19-34-35-33(38)31-18-16-27(42-31)20-40-26-14-12-25(13-15-26)36-22(2)9-10-23(36)3/h5-19H,4,20-21H2,1-3H3,(H,35,38)/b34-19+. The number of rotatable bonds is 11. The van der Waals surface area contributed by atoms with Gasteiger partial charge in [0.2, 0.25) is 0 Å². The highest BCUT2D eigenvalue weighted by molar-refractivity contribution is 6.03. The fourth-order valence-electron chi connectivity index (χ4n) is 4.58. The molecular weight excluding hydrogens is 534 g/mol. The van der Waals surface area contributed by atoms with Gasteiger partial charge in [-0.3, -0.25) is 4.79 Å². The van der Waals surface area contributed by atoms with Gasteiger partial charge in [0.1, 0.15) is 23.9 Å². The van der Waals surface area contributed by atoms with Crippen LogP contribution in [0.25, 0.3) is 16.5 Å². The number of furan rings is 1. The van der Waals surface area contributed by atoms with Crippen molar-refractivity contribution in [2.24, 2.45) is 5.10 Å². The van der Waals surface area contributed by atoms with Crippen LogP contribution in [0.2, 0.25) is 0 Å². The predicted octanol–water partition coefficient (Wildman–Crippen LogP) is 6.13. The fraction of sp³-hybridized carbons (Fsp3) is 0.182. The quantitative estimate of drug-likeness (QED) is 0.117. The number of fused-ring (bicyclic) bond motifs is 1. The van der Waals surface area contributed by atoms with E-state index in [0.29, 0.717) is 22.8 Å². The average molecular weight is 566 g/mol. The van der Waals surface area contributed by atoms with Crippen LogP contribution in [0.5, 0.6) is 11.5 Å². The van der Waals surface area contributed by atoms with Crippen LogP contribution < -0.4 is 14.9 Å². The van der Waals surface area contributed by atoms with Gasteiger partial charge in [-0.15, -0.1) is 0 Å². The van der Waals surface area contributed by atoms with E-state index in [0.717, 1.165) is 27.8 Å². The van der Waals surface area contributed by atoms with Crippen LogP contribution in [-0.4, -0.2) is 35.9 Å². The molecule has 2 heterocycles. The Morgan fingerprint density at radius 2 is 1.67 bits per heavy atom. The molecule has 5 aromatic rings. The highest BCUT2D eigenvalue weighted by Gasteiger charge is 2.13. The molecule has 0 bridgehead atoms. The van der Waals surface area contributed by atoms with Crippen molar-refractivity contribution in [3.05, 3.63) is 113 Å². The molecule has 3 aromatic carbocycles. The smallest absolute Gasteiger partial charge is 0.344 e. The van der Waals surface area contributed by atoms with Gasteiger partial charge in [-0.05, 0) is 86.1 Å². The van der Waals surface area contributed by atoms with E-state index in [4.69, 9.17) is 18.6 Å². The summed E-state index contributed by atoms with van der Waals surface area (Å²) in [5, 5.41) is 5.92. The third kappa shape index (κ3) is 6.52. The summed E-state index contributed by atoms with van der Waals surface area (Å²) in [5.74, 6) is 0.714. The lowest BCUT2D eigenvalue weighted by molar-refractivity contribution is -0.145. The molecule has 214 valence electrons. The molecule has 0 saturated heterocycles. The predicted molar refractivity (Wildman–Crippen MR) is 159 cm³/mol. The Kier molecular flexibility index (Phi) is 8.67. The van der Waals surface area contributed by atoms with Crippen molar-refractivity contribution in [1.29, 1.82) is 0 Å². The molecule has 2 aromatic heterocycles. The number of carbonyl (C=O) groups excluding carboxylic acids is 2. The minimum Gasteiger partial charge on any atom is -0.486 e. The highest BCUT2D eigenvalue weighted by atomic mass is 16.6. The summed E-state index contributed by atoms with van der Waals surface area (Å²) in [5.41, 5.74) is 6.47. The maximum atomic E-state index is 12.7. The number of aryl methyl sites for hydroxylation is 2. The summed E-state index contributed by atoms with van der Waals surface area (Å²) in [6.07, 6.45) is 1.48. The normalized spacial score (nSPS) is 11.1. The summed E-state index contributed by atoms with van der Waals surface area (Å²) in [6, 6.07) is 26.5. The molecule has 0 atom stereocenters. The second kappa shape index (κ2) is 12.9. The van der Waals surface area contributed by atoms with Crippen molar-refractivity contribution < 1.29 is 28.2 Å². The first kappa shape index (κ1) is 28.2. The molecule has 0 saturated carbocycles. The molecule has 0 unspecified atom stereocenters. The topological polar surface area (TPSA) is 104 Å². The molecular formula is C33H31N3O6. The average Bonchev–Trinajstić information content (AvgIpc) is 3.61. The minimum atomic E-state index is -0.520. The van der Waals surface area contributed by atoms with E-state index in [1.807, 2.05) is 54.6 Å². The van der Waals surface area contributed by atoms with Gasteiger partial charge >= 0.3 is 11.9 Å². The highest BCUT2D eigenvalue weighted by Crippen LogP contribution is 2.27. The van der Waals surface area contributed by atoms with Crippen LogP contribution in [0.4, 0.5) is 0 Å². The van der Waals surface area contributed by atoms with Gasteiger partial charge in [-0.2, -0.15) is 5.10 Å². The SMILES string of the molecule is CCOC(=O)COc1ccc2ccccc2c1/C=N/NC(=O)c1ccc(COc2ccc(-n3c(C)ccc3C)cc2)o1. The van der Waals surface area contributed by atoms with Crippen molar-refractivity contribution >= 4 is 28.9 Å². The Morgan fingerprint density at radius 1 is 0.905 bits per heavy atom. The molecule has 0 fully saturated rings. The van der Waals surface area contributed by atoms with Crippen LogP contribution in [0.3, 0.4) is 0 Å². The van der Waals surface area contributed by atoms with Crippen LogP contribution >= 0.6 is 0 Å². The number of nitrogens with one attached hydrogen (secondary N) is 1. The minimum absolute atomic E-state index is 0.0939. The van der Waals surface area contributed by atoms with Crippen molar-refractivity contribution in [1.82, 2.24) is 9.99 Å². The van der Waals surface area contributed by atoms with E-state index < -0.39 is 11.9 Å². The van der Waals surface area contributed by atoms with Gasteiger partial charge in [0.05, 0.1) is 12.8 Å². The lowest BCUT2D eigenvalue weighted by Gasteiger charge is -2.11. The van der Waals surface area contributed by atoms with E-state index in [1.165, 1.54) is 6.21 Å². The Morgan fingerprint density at radius 3 is 2.43 bits per heavy atom.